The van der Waals surface area contributed by atoms with Crippen LogP contribution < -0.4 is 5.32 Å². The number of rotatable bonds is 3. The second-order valence-corrected chi connectivity index (χ2v) is 4.40. The first-order valence-corrected chi connectivity index (χ1v) is 5.88. The molecule has 0 aliphatic heterocycles. The average Bonchev–Trinajstić information content (AvgIpc) is 2.40. The van der Waals surface area contributed by atoms with Gasteiger partial charge in [0.2, 0.25) is 0 Å². The molecule has 1 heterocycles. The third-order valence-electron chi connectivity index (χ3n) is 3.25. The molecular weight excluding hydrogens is 242 g/mol. The number of aromatic nitrogens is 2. The minimum Gasteiger partial charge on any atom is -0.477 e. The summed E-state index contributed by atoms with van der Waals surface area (Å²) in [7, 11) is 0. The van der Waals surface area contributed by atoms with Gasteiger partial charge in [0, 0.05) is 11.9 Å². The minimum absolute atomic E-state index is 0.0557. The first-order chi connectivity index (χ1) is 9.00. The summed E-state index contributed by atoms with van der Waals surface area (Å²) in [5.74, 6) is -0.751. The molecule has 0 radical (unpaired) electrons. The lowest BCUT2D eigenvalue weighted by atomic mass is 10.0. The van der Waals surface area contributed by atoms with E-state index in [2.05, 4.69) is 15.3 Å². The van der Waals surface area contributed by atoms with E-state index in [0.29, 0.717) is 5.82 Å². The molecule has 5 heteroatoms. The fourth-order valence-corrected chi connectivity index (χ4v) is 1.80. The van der Waals surface area contributed by atoms with Gasteiger partial charge in [0.25, 0.3) is 0 Å². The Bertz CT molecular complexity index is 639. The van der Waals surface area contributed by atoms with Crippen molar-refractivity contribution >= 4 is 17.5 Å². The van der Waals surface area contributed by atoms with Crippen LogP contribution >= 0.6 is 0 Å². The van der Waals surface area contributed by atoms with Crippen LogP contribution in [0.2, 0.25) is 0 Å². The third kappa shape index (κ3) is 2.54. The van der Waals surface area contributed by atoms with E-state index in [4.69, 9.17) is 5.11 Å². The van der Waals surface area contributed by atoms with Crippen molar-refractivity contribution in [2.45, 2.75) is 20.8 Å². The molecule has 2 rings (SSSR count). The van der Waals surface area contributed by atoms with Crippen LogP contribution in [0.15, 0.2) is 24.7 Å². The Hall–Kier alpha value is -2.43. The summed E-state index contributed by atoms with van der Waals surface area (Å²) in [6, 6.07) is 3.91. The Balaban J connectivity index is 2.42. The lowest BCUT2D eigenvalue weighted by Crippen LogP contribution is -2.06. The van der Waals surface area contributed by atoms with Gasteiger partial charge in [-0.2, -0.15) is 0 Å². The summed E-state index contributed by atoms with van der Waals surface area (Å²) in [6.45, 7) is 6.07. The summed E-state index contributed by atoms with van der Waals surface area (Å²) in [5, 5.41) is 12.1. The number of aromatic carboxylic acids is 1. The van der Waals surface area contributed by atoms with Crippen LogP contribution in [0.4, 0.5) is 11.5 Å². The molecule has 2 aromatic rings. The van der Waals surface area contributed by atoms with Gasteiger partial charge in [-0.05, 0) is 43.5 Å². The monoisotopic (exact) mass is 257 g/mol. The SMILES string of the molecule is Cc1ccc(Nc2ncncc2C(=O)O)c(C)c1C. The highest BCUT2D eigenvalue weighted by Crippen LogP contribution is 2.25. The van der Waals surface area contributed by atoms with Crippen molar-refractivity contribution in [3.8, 4) is 0 Å². The molecule has 0 atom stereocenters. The van der Waals surface area contributed by atoms with Crippen molar-refractivity contribution in [2.75, 3.05) is 5.32 Å². The van der Waals surface area contributed by atoms with Gasteiger partial charge in [-0.25, -0.2) is 14.8 Å². The number of hydrogen-bond acceptors (Lipinski definition) is 4. The summed E-state index contributed by atoms with van der Waals surface area (Å²) in [4.78, 5) is 18.8. The van der Waals surface area contributed by atoms with Crippen molar-refractivity contribution in [1.29, 1.82) is 0 Å². The van der Waals surface area contributed by atoms with Crippen molar-refractivity contribution in [3.63, 3.8) is 0 Å². The number of benzene rings is 1. The van der Waals surface area contributed by atoms with Crippen molar-refractivity contribution in [2.24, 2.45) is 0 Å². The molecular formula is C14H15N3O2. The maximum absolute atomic E-state index is 11.1. The molecule has 0 spiro atoms. The Morgan fingerprint density at radius 2 is 1.95 bits per heavy atom. The average molecular weight is 257 g/mol. The van der Waals surface area contributed by atoms with Gasteiger partial charge in [-0.15, -0.1) is 0 Å². The van der Waals surface area contributed by atoms with Crippen LogP contribution in [-0.2, 0) is 0 Å². The minimum atomic E-state index is -1.05. The lowest BCUT2D eigenvalue weighted by molar-refractivity contribution is 0.0697. The zero-order chi connectivity index (χ0) is 14.0. The summed E-state index contributed by atoms with van der Waals surface area (Å²) >= 11 is 0. The summed E-state index contributed by atoms with van der Waals surface area (Å²) in [5.41, 5.74) is 4.36. The van der Waals surface area contributed by atoms with E-state index in [0.717, 1.165) is 11.3 Å². The Morgan fingerprint density at radius 1 is 1.21 bits per heavy atom. The highest BCUT2D eigenvalue weighted by Gasteiger charge is 2.13. The Kier molecular flexibility index (Phi) is 3.46. The molecule has 0 aliphatic rings. The highest BCUT2D eigenvalue weighted by atomic mass is 16.4. The van der Waals surface area contributed by atoms with Crippen LogP contribution in [0.1, 0.15) is 27.0 Å². The zero-order valence-corrected chi connectivity index (χ0v) is 11.1. The smallest absolute Gasteiger partial charge is 0.341 e. The van der Waals surface area contributed by atoms with E-state index in [1.807, 2.05) is 32.9 Å². The largest absolute Gasteiger partial charge is 0.477 e. The van der Waals surface area contributed by atoms with Crippen LogP contribution in [0.3, 0.4) is 0 Å². The number of carboxylic acids is 1. The van der Waals surface area contributed by atoms with E-state index in [1.54, 1.807) is 0 Å². The number of nitrogens with one attached hydrogen (secondary N) is 1. The second kappa shape index (κ2) is 5.06. The molecule has 5 nitrogen and oxygen atoms in total. The normalized spacial score (nSPS) is 10.3. The fourth-order valence-electron chi connectivity index (χ4n) is 1.80. The van der Waals surface area contributed by atoms with Crippen LogP contribution in [-0.4, -0.2) is 21.0 Å². The Morgan fingerprint density at radius 3 is 2.63 bits per heavy atom. The summed E-state index contributed by atoms with van der Waals surface area (Å²) in [6.07, 6.45) is 2.61. The van der Waals surface area contributed by atoms with E-state index in [9.17, 15) is 4.79 Å². The quantitative estimate of drug-likeness (QED) is 0.884. The van der Waals surface area contributed by atoms with Gasteiger partial charge < -0.3 is 10.4 Å². The first kappa shape index (κ1) is 13.0. The van der Waals surface area contributed by atoms with Crippen LogP contribution in [0.25, 0.3) is 0 Å². The standard InChI is InChI=1S/C14H15N3O2/c1-8-4-5-12(10(3)9(8)2)17-13-11(14(18)19)6-15-7-16-13/h4-7H,1-3H3,(H,18,19)(H,15,16,17). The van der Waals surface area contributed by atoms with Gasteiger partial charge in [-0.3, -0.25) is 0 Å². The van der Waals surface area contributed by atoms with Crippen LogP contribution in [0, 0.1) is 20.8 Å². The molecule has 0 fully saturated rings. The lowest BCUT2D eigenvalue weighted by Gasteiger charge is -2.13. The predicted octanol–water partition coefficient (Wildman–Crippen LogP) is 2.84. The number of nitrogens with zero attached hydrogens (tertiary/aromatic N) is 2. The van der Waals surface area contributed by atoms with E-state index >= 15 is 0 Å². The van der Waals surface area contributed by atoms with Crippen molar-refractivity contribution < 1.29 is 9.90 Å². The Labute approximate surface area is 111 Å². The molecule has 2 N–H and O–H groups in total. The van der Waals surface area contributed by atoms with Gasteiger partial charge >= 0.3 is 5.97 Å². The van der Waals surface area contributed by atoms with E-state index < -0.39 is 5.97 Å². The van der Waals surface area contributed by atoms with E-state index in [-0.39, 0.29) is 5.56 Å². The number of hydrogen-bond donors (Lipinski definition) is 2. The first-order valence-electron chi connectivity index (χ1n) is 5.88. The van der Waals surface area contributed by atoms with Gasteiger partial charge in [0.1, 0.15) is 17.7 Å². The number of anilines is 2. The van der Waals surface area contributed by atoms with Crippen LogP contribution in [0.5, 0.6) is 0 Å². The molecule has 0 amide bonds. The van der Waals surface area contributed by atoms with Crippen molar-refractivity contribution in [3.05, 3.63) is 46.9 Å². The number of carboxylic acid groups (broad SMARTS) is 1. The van der Waals surface area contributed by atoms with Gasteiger partial charge in [-0.1, -0.05) is 6.07 Å². The zero-order valence-electron chi connectivity index (χ0n) is 11.1. The molecule has 0 aliphatic carbocycles. The molecule has 0 saturated heterocycles. The molecule has 19 heavy (non-hydrogen) atoms. The second-order valence-electron chi connectivity index (χ2n) is 4.40. The third-order valence-corrected chi connectivity index (χ3v) is 3.25. The van der Waals surface area contributed by atoms with Gasteiger partial charge in [0.15, 0.2) is 0 Å². The van der Waals surface area contributed by atoms with Gasteiger partial charge in [0.05, 0.1) is 0 Å². The highest BCUT2D eigenvalue weighted by molar-refractivity contribution is 5.93. The molecule has 0 saturated carbocycles. The predicted molar refractivity (Wildman–Crippen MR) is 72.9 cm³/mol. The van der Waals surface area contributed by atoms with Crippen molar-refractivity contribution in [1.82, 2.24) is 9.97 Å². The summed E-state index contributed by atoms with van der Waals surface area (Å²) < 4.78 is 0. The molecule has 1 aromatic carbocycles. The fraction of sp³-hybridized carbons (Fsp3) is 0.214. The molecule has 98 valence electrons. The molecule has 1 aromatic heterocycles. The number of aryl methyl sites for hydroxylation is 1. The maximum Gasteiger partial charge on any atom is 0.341 e. The topological polar surface area (TPSA) is 75.1 Å². The number of carbonyl (C=O) groups is 1. The molecule has 0 unspecified atom stereocenters. The van der Waals surface area contributed by atoms with E-state index in [1.165, 1.54) is 23.7 Å². The molecule has 0 bridgehead atoms. The maximum atomic E-state index is 11.1.